The summed E-state index contributed by atoms with van der Waals surface area (Å²) in [6.07, 6.45) is 0.506. The predicted octanol–water partition coefficient (Wildman–Crippen LogP) is 3.56. The van der Waals surface area contributed by atoms with E-state index in [1.165, 1.54) is 4.68 Å². The Balaban J connectivity index is 1.94. The first-order valence-electron chi connectivity index (χ1n) is 8.09. The molecule has 0 spiro atoms. The van der Waals surface area contributed by atoms with Crippen LogP contribution in [0.5, 0.6) is 0 Å². The number of rotatable bonds is 4. The molecule has 2 aromatic carbocycles. The molecule has 1 aromatic heterocycles. The van der Waals surface area contributed by atoms with Crippen molar-refractivity contribution < 1.29 is 4.79 Å². The second-order valence-corrected chi connectivity index (χ2v) is 6.76. The van der Waals surface area contributed by atoms with Crippen molar-refractivity contribution >= 4 is 28.2 Å². The molecule has 0 aliphatic carbocycles. The number of nitrogens with zero attached hydrogens (tertiary/aromatic N) is 2. The molecule has 0 radical (unpaired) electrons. The standard InChI is InChI=1S/C20H19ClN2O2/c1-12-5-4-6-16-18(22-23(3)20(25)19(12)16)11-15(24)10-14-7-8-17(21)13(2)9-14/h4-9H,10-11H2,1-3H3. The molecule has 0 fully saturated rings. The van der Waals surface area contributed by atoms with Crippen molar-refractivity contribution in [3.05, 3.63) is 74.2 Å². The molecule has 5 heteroatoms. The lowest BCUT2D eigenvalue weighted by molar-refractivity contribution is -0.117. The van der Waals surface area contributed by atoms with Gasteiger partial charge in [-0.25, -0.2) is 4.68 Å². The normalized spacial score (nSPS) is 11.0. The predicted molar refractivity (Wildman–Crippen MR) is 100 cm³/mol. The summed E-state index contributed by atoms with van der Waals surface area (Å²) in [5.74, 6) is 0.0516. The average Bonchev–Trinajstić information content (AvgIpc) is 2.55. The van der Waals surface area contributed by atoms with Crippen LogP contribution in [0.4, 0.5) is 0 Å². The number of hydrogen-bond acceptors (Lipinski definition) is 3. The highest BCUT2D eigenvalue weighted by Gasteiger charge is 2.14. The van der Waals surface area contributed by atoms with Gasteiger partial charge in [-0.1, -0.05) is 41.9 Å². The van der Waals surface area contributed by atoms with Crippen molar-refractivity contribution in [3.63, 3.8) is 0 Å². The van der Waals surface area contributed by atoms with E-state index in [0.29, 0.717) is 22.5 Å². The first-order valence-corrected chi connectivity index (χ1v) is 8.47. The molecule has 0 atom stereocenters. The number of fused-ring (bicyclic) bond motifs is 1. The number of benzene rings is 2. The van der Waals surface area contributed by atoms with Crippen molar-refractivity contribution in [2.45, 2.75) is 26.7 Å². The minimum absolute atomic E-state index is 0.0516. The van der Waals surface area contributed by atoms with Gasteiger partial charge < -0.3 is 0 Å². The molecule has 0 amide bonds. The van der Waals surface area contributed by atoms with Crippen LogP contribution >= 0.6 is 11.6 Å². The van der Waals surface area contributed by atoms with Gasteiger partial charge in [-0.15, -0.1) is 0 Å². The highest BCUT2D eigenvalue weighted by Crippen LogP contribution is 2.19. The highest BCUT2D eigenvalue weighted by molar-refractivity contribution is 6.31. The Morgan fingerprint density at radius 3 is 2.60 bits per heavy atom. The quantitative estimate of drug-likeness (QED) is 0.719. The first-order chi connectivity index (χ1) is 11.9. The number of carbonyl (C=O) groups is 1. The maximum Gasteiger partial charge on any atom is 0.274 e. The van der Waals surface area contributed by atoms with E-state index in [4.69, 9.17) is 11.6 Å². The molecule has 0 aliphatic heterocycles. The largest absolute Gasteiger partial charge is 0.299 e. The highest BCUT2D eigenvalue weighted by atomic mass is 35.5. The van der Waals surface area contributed by atoms with Crippen molar-refractivity contribution in [1.82, 2.24) is 9.78 Å². The molecular weight excluding hydrogens is 336 g/mol. The third-order valence-electron chi connectivity index (χ3n) is 4.35. The zero-order valence-electron chi connectivity index (χ0n) is 14.5. The van der Waals surface area contributed by atoms with Crippen LogP contribution in [0.15, 0.2) is 41.2 Å². The molecule has 0 unspecified atom stereocenters. The molecule has 4 nitrogen and oxygen atoms in total. The minimum Gasteiger partial charge on any atom is -0.299 e. The Kier molecular flexibility index (Phi) is 4.73. The summed E-state index contributed by atoms with van der Waals surface area (Å²) >= 11 is 6.03. The van der Waals surface area contributed by atoms with Crippen molar-refractivity contribution in [2.24, 2.45) is 7.05 Å². The number of halogens is 1. The van der Waals surface area contributed by atoms with Crippen LogP contribution in [0.25, 0.3) is 10.8 Å². The third-order valence-corrected chi connectivity index (χ3v) is 4.77. The van der Waals surface area contributed by atoms with E-state index >= 15 is 0 Å². The van der Waals surface area contributed by atoms with E-state index in [9.17, 15) is 9.59 Å². The number of aryl methyl sites for hydroxylation is 3. The van der Waals surface area contributed by atoms with Crippen molar-refractivity contribution in [2.75, 3.05) is 0 Å². The summed E-state index contributed by atoms with van der Waals surface area (Å²) in [6.45, 7) is 3.81. The lowest BCUT2D eigenvalue weighted by Gasteiger charge is -2.10. The number of hydrogen-bond donors (Lipinski definition) is 0. The Morgan fingerprint density at radius 2 is 1.88 bits per heavy atom. The third kappa shape index (κ3) is 3.49. The summed E-state index contributed by atoms with van der Waals surface area (Å²) in [7, 11) is 1.62. The van der Waals surface area contributed by atoms with Gasteiger partial charge in [-0.3, -0.25) is 9.59 Å². The Hall–Kier alpha value is -2.46. The molecule has 0 N–H and O–H groups in total. The molecule has 25 heavy (non-hydrogen) atoms. The van der Waals surface area contributed by atoms with Gasteiger partial charge in [0.15, 0.2) is 0 Å². The molecule has 0 saturated heterocycles. The molecule has 0 saturated carbocycles. The molecule has 1 heterocycles. The Labute approximate surface area is 151 Å². The Morgan fingerprint density at radius 1 is 1.12 bits per heavy atom. The molecule has 0 aliphatic rings. The van der Waals surface area contributed by atoms with E-state index in [1.807, 2.05) is 50.2 Å². The van der Waals surface area contributed by atoms with Gasteiger partial charge >= 0.3 is 0 Å². The van der Waals surface area contributed by atoms with Crippen LogP contribution in [-0.2, 0) is 24.7 Å². The van der Waals surface area contributed by atoms with E-state index in [0.717, 1.165) is 22.1 Å². The number of ketones is 1. The summed E-state index contributed by atoms with van der Waals surface area (Å²) in [6, 6.07) is 11.2. The van der Waals surface area contributed by atoms with E-state index in [1.54, 1.807) is 7.05 Å². The summed E-state index contributed by atoms with van der Waals surface area (Å²) < 4.78 is 1.31. The van der Waals surface area contributed by atoms with Crippen LogP contribution in [-0.4, -0.2) is 15.6 Å². The molecular formula is C20H19ClN2O2. The fraction of sp³-hybridized carbons (Fsp3) is 0.250. The molecule has 128 valence electrons. The fourth-order valence-corrected chi connectivity index (χ4v) is 3.18. The fourth-order valence-electron chi connectivity index (χ4n) is 3.06. The minimum atomic E-state index is -0.141. The second kappa shape index (κ2) is 6.81. The van der Waals surface area contributed by atoms with E-state index in [2.05, 4.69) is 5.10 Å². The van der Waals surface area contributed by atoms with Gasteiger partial charge in [-0.05, 0) is 36.6 Å². The maximum absolute atomic E-state index is 12.5. The van der Waals surface area contributed by atoms with Crippen LogP contribution in [0.3, 0.4) is 0 Å². The van der Waals surface area contributed by atoms with Crippen LogP contribution in [0, 0.1) is 13.8 Å². The van der Waals surface area contributed by atoms with Crippen LogP contribution < -0.4 is 5.56 Å². The number of Topliss-reactive ketones (excluding diaryl/α,β-unsaturated/α-hetero) is 1. The van der Waals surface area contributed by atoms with Crippen LogP contribution in [0.1, 0.15) is 22.4 Å². The maximum atomic E-state index is 12.5. The zero-order valence-corrected chi connectivity index (χ0v) is 15.2. The van der Waals surface area contributed by atoms with Gasteiger partial charge in [0.05, 0.1) is 17.5 Å². The topological polar surface area (TPSA) is 52.0 Å². The van der Waals surface area contributed by atoms with Gasteiger partial charge in [0.1, 0.15) is 5.78 Å². The lowest BCUT2D eigenvalue weighted by atomic mass is 10.0. The SMILES string of the molecule is Cc1cc(CC(=O)Cc2nn(C)c(=O)c3c(C)cccc23)ccc1Cl. The van der Waals surface area contributed by atoms with Gasteiger partial charge in [0.25, 0.3) is 5.56 Å². The summed E-state index contributed by atoms with van der Waals surface area (Å²) in [4.78, 5) is 24.9. The number of aromatic nitrogens is 2. The molecule has 3 aromatic rings. The summed E-state index contributed by atoms with van der Waals surface area (Å²) in [5.41, 5.74) is 3.27. The zero-order chi connectivity index (χ0) is 18.1. The smallest absolute Gasteiger partial charge is 0.274 e. The second-order valence-electron chi connectivity index (χ2n) is 6.35. The van der Waals surface area contributed by atoms with Crippen molar-refractivity contribution in [3.8, 4) is 0 Å². The lowest BCUT2D eigenvalue weighted by Crippen LogP contribution is -2.23. The molecule has 3 rings (SSSR count). The van der Waals surface area contributed by atoms with Crippen molar-refractivity contribution in [1.29, 1.82) is 0 Å². The summed E-state index contributed by atoms with van der Waals surface area (Å²) in [5, 5.41) is 6.39. The van der Waals surface area contributed by atoms with E-state index < -0.39 is 0 Å². The first kappa shape index (κ1) is 17.4. The van der Waals surface area contributed by atoms with Gasteiger partial charge in [0.2, 0.25) is 0 Å². The molecule has 0 bridgehead atoms. The number of carbonyl (C=O) groups excluding carboxylic acids is 1. The average molecular weight is 355 g/mol. The van der Waals surface area contributed by atoms with Gasteiger partial charge in [0, 0.05) is 23.9 Å². The van der Waals surface area contributed by atoms with Crippen LogP contribution in [0.2, 0.25) is 5.02 Å². The Bertz CT molecular complexity index is 1040. The monoisotopic (exact) mass is 354 g/mol. The van der Waals surface area contributed by atoms with Gasteiger partial charge in [-0.2, -0.15) is 5.10 Å². The van der Waals surface area contributed by atoms with E-state index in [-0.39, 0.29) is 17.8 Å².